The van der Waals surface area contributed by atoms with Crippen molar-refractivity contribution in [3.8, 4) is 0 Å². The Morgan fingerprint density at radius 3 is 2.69 bits per heavy atom. The molecule has 35 heavy (non-hydrogen) atoms. The zero-order chi connectivity index (χ0) is 25.3. The van der Waals surface area contributed by atoms with E-state index in [9.17, 15) is 14.7 Å². The Kier molecular flexibility index (Phi) is 7.38. The fraction of sp³-hybridized carbons (Fsp3) is 0.259. The maximum Gasteiger partial charge on any atom is 0.335 e. The number of amides is 1. The number of hydrogen-bond donors (Lipinski definition) is 1. The minimum atomic E-state index is -1.02. The average molecular weight is 513 g/mol. The van der Waals surface area contributed by atoms with Crippen molar-refractivity contribution in [2.24, 2.45) is 0 Å². The summed E-state index contributed by atoms with van der Waals surface area (Å²) >= 11 is 7.48. The quantitative estimate of drug-likeness (QED) is 0.225. The topological polar surface area (TPSA) is 62.5 Å². The summed E-state index contributed by atoms with van der Waals surface area (Å²) in [6, 6.07) is 11.1. The van der Waals surface area contributed by atoms with Gasteiger partial charge >= 0.3 is 5.97 Å². The molecule has 182 valence electrons. The van der Waals surface area contributed by atoms with Crippen molar-refractivity contribution in [1.82, 2.24) is 4.57 Å². The number of carboxylic acid groups (broad SMARTS) is 1. The number of nitrogens with zero attached hydrogens (tertiary/aromatic N) is 2. The van der Waals surface area contributed by atoms with Gasteiger partial charge < -0.3 is 14.6 Å². The van der Waals surface area contributed by atoms with E-state index in [1.807, 2.05) is 38.1 Å². The van der Waals surface area contributed by atoms with Crippen molar-refractivity contribution >= 4 is 51.8 Å². The van der Waals surface area contributed by atoms with Gasteiger partial charge in [-0.15, -0.1) is 0 Å². The number of para-hydroxylation sites is 1. The Bertz CT molecular complexity index is 1390. The van der Waals surface area contributed by atoms with Gasteiger partial charge in [-0.05, 0) is 68.4 Å². The van der Waals surface area contributed by atoms with Crippen molar-refractivity contribution in [1.29, 1.82) is 0 Å². The number of aryl methyl sites for hydroxylation is 1. The van der Waals surface area contributed by atoms with E-state index in [0.29, 0.717) is 11.9 Å². The van der Waals surface area contributed by atoms with Gasteiger partial charge in [0, 0.05) is 28.2 Å². The number of rotatable bonds is 6. The molecular formula is C27H26ClFN2O3S. The summed E-state index contributed by atoms with van der Waals surface area (Å²) in [7, 11) is 0. The number of carbonyl (C=O) groups excluding carboxylic acids is 1. The van der Waals surface area contributed by atoms with Crippen molar-refractivity contribution in [2.45, 2.75) is 45.1 Å². The third-order valence-electron chi connectivity index (χ3n) is 6.20. The van der Waals surface area contributed by atoms with Crippen LogP contribution in [0.25, 0.3) is 10.9 Å². The van der Waals surface area contributed by atoms with Crippen molar-refractivity contribution < 1.29 is 19.1 Å². The zero-order valence-corrected chi connectivity index (χ0v) is 21.3. The van der Waals surface area contributed by atoms with E-state index in [2.05, 4.69) is 0 Å². The number of benzene rings is 2. The summed E-state index contributed by atoms with van der Waals surface area (Å²) in [5.41, 5.74) is 3.19. The number of thioether (sulfide) groups is 1. The number of carbonyl (C=O) groups is 2. The van der Waals surface area contributed by atoms with Gasteiger partial charge in [0.15, 0.2) is 5.82 Å². The van der Waals surface area contributed by atoms with E-state index >= 15 is 4.39 Å². The number of aromatic nitrogens is 1. The zero-order valence-electron chi connectivity index (χ0n) is 19.8. The smallest absolute Gasteiger partial charge is 0.335 e. The van der Waals surface area contributed by atoms with Crippen LogP contribution in [0.2, 0.25) is 5.02 Å². The molecular weight excluding hydrogens is 487 g/mol. The molecule has 2 aromatic carbocycles. The second-order valence-electron chi connectivity index (χ2n) is 8.44. The predicted molar refractivity (Wildman–Crippen MR) is 140 cm³/mol. The number of anilines is 1. The van der Waals surface area contributed by atoms with Gasteiger partial charge in [-0.25, -0.2) is 9.18 Å². The normalized spacial score (nSPS) is 14.4. The van der Waals surface area contributed by atoms with Crippen LogP contribution in [0.4, 0.5) is 10.1 Å². The number of fused-ring (bicyclic) bond motifs is 2. The number of allylic oxidation sites excluding steroid dienone is 2. The fourth-order valence-corrected chi connectivity index (χ4v) is 5.68. The first-order chi connectivity index (χ1) is 16.7. The maximum absolute atomic E-state index is 15.3. The molecule has 3 aromatic rings. The van der Waals surface area contributed by atoms with Crippen LogP contribution >= 0.6 is 23.4 Å². The molecule has 4 rings (SSSR count). The molecule has 1 aromatic heterocycles. The van der Waals surface area contributed by atoms with Gasteiger partial charge in [-0.3, -0.25) is 4.79 Å². The third-order valence-corrected chi connectivity index (χ3v) is 7.65. The standard InChI is InChI=1S/C27H26ClFN2O3S/c1-4-18(27(33)34)14-16(2)35-26-17(3)31(25-20(26)11-12-21(28)24(25)29)15-23(32)30-13-7-9-19-8-5-6-10-22(19)30/h4-6,8,10-12,14H,7,9,13,15H2,1-3H3,(H,33,34). The molecule has 1 N–H and O–H groups in total. The Morgan fingerprint density at radius 1 is 1.23 bits per heavy atom. The lowest BCUT2D eigenvalue weighted by atomic mass is 10.0. The molecule has 5 nitrogen and oxygen atoms in total. The van der Waals surface area contributed by atoms with E-state index in [0.717, 1.165) is 39.6 Å². The van der Waals surface area contributed by atoms with Crippen LogP contribution in [0.3, 0.4) is 0 Å². The van der Waals surface area contributed by atoms with Crippen LogP contribution in [-0.4, -0.2) is 28.1 Å². The third kappa shape index (κ3) is 4.88. The second-order valence-corrected chi connectivity index (χ2v) is 10.1. The lowest BCUT2D eigenvalue weighted by Gasteiger charge is -2.30. The van der Waals surface area contributed by atoms with Gasteiger partial charge in [0.2, 0.25) is 5.91 Å². The van der Waals surface area contributed by atoms with Gasteiger partial charge in [-0.2, -0.15) is 0 Å². The lowest BCUT2D eigenvalue weighted by Crippen LogP contribution is -2.37. The second kappa shape index (κ2) is 10.3. The Balaban J connectivity index is 1.76. The van der Waals surface area contributed by atoms with Crippen LogP contribution < -0.4 is 4.90 Å². The van der Waals surface area contributed by atoms with E-state index < -0.39 is 11.8 Å². The molecule has 0 saturated carbocycles. The molecule has 1 aliphatic heterocycles. The maximum atomic E-state index is 15.3. The first-order valence-electron chi connectivity index (χ1n) is 11.3. The Labute approximate surface area is 212 Å². The molecule has 0 spiro atoms. The van der Waals surface area contributed by atoms with Crippen LogP contribution in [0.15, 0.2) is 63.9 Å². The van der Waals surface area contributed by atoms with Gasteiger partial charge in [-0.1, -0.05) is 47.6 Å². The number of halogens is 2. The molecule has 0 fully saturated rings. The highest BCUT2D eigenvalue weighted by Crippen LogP contribution is 2.40. The SMILES string of the molecule is CC=C(C=C(C)Sc1c(C)n(CC(=O)N2CCCc3ccccc32)c2c(F)c(Cl)ccc12)C(=O)O. The highest BCUT2D eigenvalue weighted by atomic mass is 35.5. The molecule has 0 aliphatic carbocycles. The van der Waals surface area contributed by atoms with E-state index in [1.54, 1.807) is 28.5 Å². The summed E-state index contributed by atoms with van der Waals surface area (Å²) in [5.74, 6) is -1.72. The van der Waals surface area contributed by atoms with Crippen molar-refractivity contribution in [2.75, 3.05) is 11.4 Å². The predicted octanol–water partition coefficient (Wildman–Crippen LogP) is 6.75. The fourth-order valence-electron chi connectivity index (χ4n) is 4.49. The molecule has 1 aliphatic rings. The number of carboxylic acids is 1. The Morgan fingerprint density at radius 2 is 1.97 bits per heavy atom. The van der Waals surface area contributed by atoms with E-state index in [1.165, 1.54) is 23.9 Å². The molecule has 0 unspecified atom stereocenters. The lowest BCUT2D eigenvalue weighted by molar-refractivity contribution is -0.132. The molecule has 2 heterocycles. The van der Waals surface area contributed by atoms with Crippen LogP contribution in [0, 0.1) is 12.7 Å². The van der Waals surface area contributed by atoms with E-state index in [4.69, 9.17) is 11.6 Å². The molecule has 0 atom stereocenters. The molecule has 1 amide bonds. The van der Waals surface area contributed by atoms with Gasteiger partial charge in [0.1, 0.15) is 6.54 Å². The van der Waals surface area contributed by atoms with Crippen molar-refractivity contribution in [3.63, 3.8) is 0 Å². The summed E-state index contributed by atoms with van der Waals surface area (Å²) < 4.78 is 17.0. The minimum absolute atomic E-state index is 0.0158. The summed E-state index contributed by atoms with van der Waals surface area (Å²) in [5, 5.41) is 9.96. The number of hydrogen-bond acceptors (Lipinski definition) is 3. The highest BCUT2D eigenvalue weighted by Gasteiger charge is 2.26. The molecule has 0 saturated heterocycles. The van der Waals surface area contributed by atoms with Crippen LogP contribution in [0.5, 0.6) is 0 Å². The Hall–Kier alpha value is -3.03. The molecule has 0 radical (unpaired) electrons. The van der Waals surface area contributed by atoms with E-state index in [-0.39, 0.29) is 28.6 Å². The molecule has 8 heteroatoms. The largest absolute Gasteiger partial charge is 0.478 e. The summed E-state index contributed by atoms with van der Waals surface area (Å²) in [6.07, 6.45) is 4.90. The van der Waals surface area contributed by atoms with Crippen molar-refractivity contribution in [3.05, 3.63) is 81.1 Å². The monoisotopic (exact) mass is 512 g/mol. The highest BCUT2D eigenvalue weighted by molar-refractivity contribution is 8.03. The van der Waals surface area contributed by atoms with Crippen LogP contribution in [-0.2, 0) is 22.6 Å². The summed E-state index contributed by atoms with van der Waals surface area (Å²) in [6.45, 7) is 5.89. The molecule has 0 bridgehead atoms. The van der Waals surface area contributed by atoms with Crippen LogP contribution in [0.1, 0.15) is 31.5 Å². The minimum Gasteiger partial charge on any atom is -0.478 e. The first-order valence-corrected chi connectivity index (χ1v) is 12.5. The summed E-state index contributed by atoms with van der Waals surface area (Å²) in [4.78, 5) is 28.1. The van der Waals surface area contributed by atoms with Gasteiger partial charge in [0.25, 0.3) is 0 Å². The number of aliphatic carboxylic acids is 1. The average Bonchev–Trinajstić information content (AvgIpc) is 3.10. The van der Waals surface area contributed by atoms with Gasteiger partial charge in [0.05, 0.1) is 16.1 Å². The first kappa shape index (κ1) is 25.1.